The van der Waals surface area contributed by atoms with Gasteiger partial charge < -0.3 is 31.6 Å². The summed E-state index contributed by atoms with van der Waals surface area (Å²) in [6, 6.07) is 0.658. The highest BCUT2D eigenvalue weighted by Gasteiger charge is 2.54. The van der Waals surface area contributed by atoms with E-state index in [9.17, 15) is 0 Å². The van der Waals surface area contributed by atoms with Crippen LogP contribution in [0.15, 0.2) is 0 Å². The zero-order valence-corrected chi connectivity index (χ0v) is 14.1. The molecule has 0 aromatic carbocycles. The summed E-state index contributed by atoms with van der Waals surface area (Å²) in [5, 5.41) is 3.07. The quantitative estimate of drug-likeness (QED) is 0.432. The first-order chi connectivity index (χ1) is 8.57. The minimum Gasteiger partial charge on any atom is -0.377 e. The van der Waals surface area contributed by atoms with Crippen LogP contribution in [0.4, 0.5) is 0 Å². The fourth-order valence-corrected chi connectivity index (χ4v) is 6.75. The lowest BCUT2D eigenvalue weighted by atomic mass is 10.5. The van der Waals surface area contributed by atoms with Crippen molar-refractivity contribution in [1.82, 2.24) is 5.32 Å². The fraction of sp³-hybridized carbons (Fsp3) is 1.00. The van der Waals surface area contributed by atoms with E-state index in [1.807, 2.05) is 7.05 Å². The average Bonchev–Trinajstić information content (AvgIpc) is 2.44. The summed E-state index contributed by atoms with van der Waals surface area (Å²) in [6.07, 6.45) is 0.867. The molecule has 0 rings (SSSR count). The molecular weight excluding hydrogens is 274 g/mol. The predicted octanol–water partition coefficient (Wildman–Crippen LogP) is 0.219. The van der Waals surface area contributed by atoms with Crippen LogP contribution in [0.1, 0.15) is 6.42 Å². The average molecular weight is 299 g/mol. The molecule has 0 amide bonds. The molecule has 0 aliphatic carbocycles. The molecule has 0 saturated carbocycles. The van der Waals surface area contributed by atoms with Gasteiger partial charge in [0, 0.05) is 41.6 Å². The highest BCUT2D eigenvalue weighted by Crippen LogP contribution is 2.22. The van der Waals surface area contributed by atoms with Gasteiger partial charge in [-0.3, -0.25) is 0 Å². The zero-order chi connectivity index (χ0) is 14.1. The first kappa shape index (κ1) is 18.2. The van der Waals surface area contributed by atoms with Crippen LogP contribution < -0.4 is 5.32 Å². The van der Waals surface area contributed by atoms with Crippen molar-refractivity contribution < 1.29 is 26.2 Å². The molecule has 0 fully saturated rings. The lowest BCUT2D eigenvalue weighted by Crippen LogP contribution is -2.58. The van der Waals surface area contributed by atoms with Crippen LogP contribution in [-0.2, 0) is 26.2 Å². The van der Waals surface area contributed by atoms with Crippen molar-refractivity contribution in [2.75, 3.05) is 49.1 Å². The van der Waals surface area contributed by atoms with Crippen molar-refractivity contribution in [3.05, 3.63) is 0 Å². The smallest absolute Gasteiger partial charge is 0.377 e. The number of hydrogen-bond donors (Lipinski definition) is 1. The summed E-state index contributed by atoms with van der Waals surface area (Å²) >= 11 is 0. The van der Waals surface area contributed by atoms with Gasteiger partial charge in [0.2, 0.25) is 0 Å². The van der Waals surface area contributed by atoms with Gasteiger partial charge in [-0.25, -0.2) is 0 Å². The van der Waals surface area contributed by atoms with E-state index in [2.05, 4.69) is 5.32 Å². The molecule has 110 valence electrons. The van der Waals surface area contributed by atoms with Crippen LogP contribution >= 0.6 is 0 Å². The van der Waals surface area contributed by atoms with Crippen LogP contribution in [0.5, 0.6) is 0 Å². The maximum Gasteiger partial charge on any atom is 0.671 e. The highest BCUT2D eigenvalue weighted by molar-refractivity contribution is 6.72. The first-order valence-electron chi connectivity index (χ1n) is 5.68. The fourth-order valence-electron chi connectivity index (χ4n) is 1.47. The largest absolute Gasteiger partial charge is 0.671 e. The van der Waals surface area contributed by atoms with E-state index in [0.29, 0.717) is 6.04 Å². The topological polar surface area (TPSA) is 67.4 Å². The Hall–Kier alpha value is 0.154. The first-order valence-corrected chi connectivity index (χ1v) is 9.24. The summed E-state index contributed by atoms with van der Waals surface area (Å²) in [4.78, 5) is 0. The van der Waals surface area contributed by atoms with E-state index in [4.69, 9.17) is 26.2 Å². The lowest BCUT2D eigenvalue weighted by Gasteiger charge is -2.33. The number of nitrogens with one attached hydrogen (secondary N) is 1. The third kappa shape index (κ3) is 5.03. The number of hydrogen-bond acceptors (Lipinski definition) is 7. The molecular formula is C9H25NO6Si2. The Labute approximate surface area is 112 Å². The van der Waals surface area contributed by atoms with Crippen molar-refractivity contribution in [1.29, 1.82) is 0 Å². The zero-order valence-electron chi connectivity index (χ0n) is 12.1. The highest BCUT2D eigenvalue weighted by atomic mass is 28.5. The van der Waals surface area contributed by atoms with E-state index in [0.717, 1.165) is 13.0 Å². The monoisotopic (exact) mass is 299 g/mol. The predicted molar refractivity (Wildman–Crippen MR) is 71.0 cm³/mol. The van der Waals surface area contributed by atoms with Gasteiger partial charge in [-0.15, -0.1) is 0 Å². The molecule has 1 N–H and O–H groups in total. The van der Waals surface area contributed by atoms with Gasteiger partial charge in [-0.1, -0.05) is 0 Å². The molecule has 0 saturated heterocycles. The van der Waals surface area contributed by atoms with E-state index in [1.54, 1.807) is 14.2 Å². The van der Waals surface area contributed by atoms with Gasteiger partial charge in [-0.05, 0) is 20.0 Å². The number of rotatable bonds is 11. The van der Waals surface area contributed by atoms with Gasteiger partial charge in [0.15, 0.2) is 0 Å². The van der Waals surface area contributed by atoms with Gasteiger partial charge in [-0.2, -0.15) is 0 Å². The molecule has 0 heterocycles. The standard InChI is InChI=1S/C9H25NO6Si2/c1-10-8-7-9-17(11-2,12-3)16-18(13-4,14-5)15-6/h10H,7-9H2,1-6H3. The summed E-state index contributed by atoms with van der Waals surface area (Å²) in [5.41, 5.74) is 0. The Morgan fingerprint density at radius 3 is 1.67 bits per heavy atom. The third-order valence-corrected chi connectivity index (χ3v) is 8.52. The van der Waals surface area contributed by atoms with Crippen LogP contribution in [0, 0.1) is 0 Å². The van der Waals surface area contributed by atoms with Crippen molar-refractivity contribution >= 4 is 17.9 Å². The van der Waals surface area contributed by atoms with Gasteiger partial charge >= 0.3 is 17.9 Å². The molecule has 7 nitrogen and oxygen atoms in total. The molecule has 0 aliphatic rings. The second-order valence-electron chi connectivity index (χ2n) is 3.51. The third-order valence-electron chi connectivity index (χ3n) is 2.56. The summed E-state index contributed by atoms with van der Waals surface area (Å²) in [7, 11) is 3.47. The molecule has 0 unspecified atom stereocenters. The lowest BCUT2D eigenvalue weighted by molar-refractivity contribution is 0.0144. The van der Waals surface area contributed by atoms with E-state index in [1.165, 1.54) is 21.3 Å². The van der Waals surface area contributed by atoms with E-state index >= 15 is 0 Å². The SMILES string of the molecule is CNCCC[Si](OC)(OC)O[Si](OC)(OC)OC. The maximum absolute atomic E-state index is 5.86. The normalized spacial score (nSPS) is 13.0. The molecule has 0 aliphatic heterocycles. The Bertz CT molecular complexity index is 205. The van der Waals surface area contributed by atoms with E-state index in [-0.39, 0.29) is 0 Å². The Balaban J connectivity index is 4.75. The minimum absolute atomic E-state index is 0.658. The van der Waals surface area contributed by atoms with Gasteiger partial charge in [0.25, 0.3) is 0 Å². The summed E-state index contributed by atoms with van der Waals surface area (Å²) in [5.74, 6) is 0. The molecule has 0 atom stereocenters. The Kier molecular flexibility index (Phi) is 9.20. The Morgan fingerprint density at radius 1 is 0.833 bits per heavy atom. The van der Waals surface area contributed by atoms with Crippen molar-refractivity contribution in [2.24, 2.45) is 0 Å². The van der Waals surface area contributed by atoms with Gasteiger partial charge in [0.1, 0.15) is 0 Å². The van der Waals surface area contributed by atoms with E-state index < -0.39 is 17.9 Å². The van der Waals surface area contributed by atoms with Crippen LogP contribution in [-0.4, -0.2) is 67.0 Å². The van der Waals surface area contributed by atoms with Crippen molar-refractivity contribution in [3.63, 3.8) is 0 Å². The van der Waals surface area contributed by atoms with Gasteiger partial charge in [0.05, 0.1) is 0 Å². The maximum atomic E-state index is 5.86. The minimum atomic E-state index is -3.16. The Morgan fingerprint density at radius 2 is 1.33 bits per heavy atom. The summed E-state index contributed by atoms with van der Waals surface area (Å²) < 4.78 is 32.5. The molecule has 18 heavy (non-hydrogen) atoms. The molecule has 0 aromatic heterocycles. The summed E-state index contributed by atoms with van der Waals surface area (Å²) in [6.45, 7) is 0.854. The molecule has 0 bridgehead atoms. The van der Waals surface area contributed by atoms with Crippen LogP contribution in [0.2, 0.25) is 6.04 Å². The molecule has 0 radical (unpaired) electrons. The van der Waals surface area contributed by atoms with Crippen molar-refractivity contribution in [2.45, 2.75) is 12.5 Å². The van der Waals surface area contributed by atoms with Crippen molar-refractivity contribution in [3.8, 4) is 0 Å². The molecule has 0 spiro atoms. The molecule has 9 heteroatoms. The van der Waals surface area contributed by atoms with Crippen LogP contribution in [0.3, 0.4) is 0 Å². The van der Waals surface area contributed by atoms with Crippen LogP contribution in [0.25, 0.3) is 0 Å². The second kappa shape index (κ2) is 9.12. The molecule has 0 aromatic rings. The second-order valence-corrected chi connectivity index (χ2v) is 9.24.